The van der Waals surface area contributed by atoms with Crippen LogP contribution < -0.4 is 20.9 Å². The minimum absolute atomic E-state index is 0.171. The zero-order valence-corrected chi connectivity index (χ0v) is 28.8. The number of hydrogen-bond acceptors (Lipinski definition) is 10. The fraction of sp³-hybridized carbons (Fsp3) is 0.412. The van der Waals surface area contributed by atoms with Crippen LogP contribution in [0.2, 0.25) is 0 Å². The van der Waals surface area contributed by atoms with Crippen LogP contribution in [0.5, 0.6) is 11.5 Å². The van der Waals surface area contributed by atoms with E-state index in [2.05, 4.69) is 30.8 Å². The van der Waals surface area contributed by atoms with Crippen LogP contribution in [-0.2, 0) is 52.1 Å². The Labute approximate surface area is 288 Å². The van der Waals surface area contributed by atoms with Crippen LogP contribution in [0.4, 0.5) is 0 Å². The number of ether oxygens (including phenoxy) is 2. The maximum atomic E-state index is 13.0. The van der Waals surface area contributed by atoms with E-state index < -0.39 is 0 Å². The Morgan fingerprint density at radius 1 is 0.580 bits per heavy atom. The Hall–Kier alpha value is -5.80. The van der Waals surface area contributed by atoms with Gasteiger partial charge in [0.1, 0.15) is 34.5 Å². The summed E-state index contributed by atoms with van der Waals surface area (Å²) in [6.45, 7) is 6.57. The maximum Gasteiger partial charge on any atom is 0.346 e. The van der Waals surface area contributed by atoms with E-state index in [1.807, 2.05) is 74.8 Å². The van der Waals surface area contributed by atoms with Crippen LogP contribution in [0.3, 0.4) is 0 Å². The van der Waals surface area contributed by atoms with E-state index >= 15 is 0 Å². The molecule has 262 valence electrons. The first-order valence-corrected chi connectivity index (χ1v) is 16.6. The summed E-state index contributed by atoms with van der Waals surface area (Å²) < 4.78 is 20.2. The molecule has 0 bridgehead atoms. The highest BCUT2D eigenvalue weighted by Crippen LogP contribution is 2.13. The quantitative estimate of drug-likeness (QED) is 0.131. The lowest BCUT2D eigenvalue weighted by Crippen LogP contribution is -2.26. The van der Waals surface area contributed by atoms with Gasteiger partial charge in [-0.05, 0) is 74.9 Å². The van der Waals surface area contributed by atoms with Crippen molar-refractivity contribution in [2.75, 3.05) is 14.2 Å². The first-order valence-electron chi connectivity index (χ1n) is 16.6. The summed E-state index contributed by atoms with van der Waals surface area (Å²) in [7, 11) is 3.28. The molecule has 0 aliphatic rings. The monoisotopic (exact) mass is 682 g/mol. The van der Waals surface area contributed by atoms with Crippen molar-refractivity contribution in [1.29, 1.82) is 0 Å². The van der Waals surface area contributed by atoms with Gasteiger partial charge < -0.3 is 9.47 Å². The van der Waals surface area contributed by atoms with Gasteiger partial charge in [-0.3, -0.25) is 18.5 Å². The highest BCUT2D eigenvalue weighted by molar-refractivity contribution is 5.28. The van der Waals surface area contributed by atoms with Crippen molar-refractivity contribution >= 4 is 0 Å². The molecular formula is C34H42N12O4. The van der Waals surface area contributed by atoms with Crippen LogP contribution in [-0.4, -0.2) is 72.9 Å². The molecule has 0 N–H and O–H groups in total. The fourth-order valence-electron chi connectivity index (χ4n) is 5.78. The molecule has 6 aromatic rings. The second-order valence-corrected chi connectivity index (χ2v) is 12.1. The van der Waals surface area contributed by atoms with Gasteiger partial charge >= 0.3 is 11.4 Å². The average Bonchev–Trinajstić information content (AvgIpc) is 3.89. The summed E-state index contributed by atoms with van der Waals surface area (Å²) in [5.41, 5.74) is 3.23. The van der Waals surface area contributed by atoms with E-state index in [-0.39, 0.29) is 24.5 Å². The number of benzene rings is 2. The van der Waals surface area contributed by atoms with Gasteiger partial charge in [0.25, 0.3) is 0 Å². The number of aromatic nitrogens is 12. The summed E-state index contributed by atoms with van der Waals surface area (Å²) in [6.07, 6.45) is 6.80. The highest BCUT2D eigenvalue weighted by Gasteiger charge is 2.14. The SMILES string of the molecule is COc1ccc(CCn2c(C)nn(Cc3cn(CCCCn4cc(Cn5nc(C)n(CCc6ccc(OC)cc6)c5=O)nn4)nn3)c2=O)cc1. The Balaban J connectivity index is 0.945. The topological polar surface area (TPSA) is 160 Å². The molecule has 0 aliphatic heterocycles. The number of unbranched alkanes of at least 4 members (excludes halogenated alkanes) is 1. The molecule has 0 atom stereocenters. The first-order chi connectivity index (χ1) is 24.3. The van der Waals surface area contributed by atoms with Gasteiger partial charge in [-0.25, -0.2) is 19.0 Å². The lowest BCUT2D eigenvalue weighted by molar-refractivity contribution is 0.414. The number of hydrogen-bond donors (Lipinski definition) is 0. The molecule has 4 aromatic heterocycles. The largest absolute Gasteiger partial charge is 0.497 e. The molecule has 0 saturated heterocycles. The predicted molar refractivity (Wildman–Crippen MR) is 183 cm³/mol. The molecular weight excluding hydrogens is 640 g/mol. The second kappa shape index (κ2) is 15.6. The van der Waals surface area contributed by atoms with Gasteiger partial charge in [-0.15, -0.1) is 10.2 Å². The van der Waals surface area contributed by atoms with Crippen LogP contribution in [0, 0.1) is 13.8 Å². The van der Waals surface area contributed by atoms with E-state index in [4.69, 9.17) is 9.47 Å². The Bertz CT molecular complexity index is 1960. The lowest BCUT2D eigenvalue weighted by atomic mass is 10.1. The van der Waals surface area contributed by atoms with Crippen molar-refractivity contribution in [1.82, 2.24) is 58.7 Å². The number of nitrogens with zero attached hydrogens (tertiary/aromatic N) is 12. The summed E-state index contributed by atoms with van der Waals surface area (Å²) in [5.74, 6) is 2.92. The van der Waals surface area contributed by atoms with Crippen LogP contribution in [0.15, 0.2) is 70.5 Å². The number of methoxy groups -OCH3 is 2. The van der Waals surface area contributed by atoms with Crippen molar-refractivity contribution in [2.45, 2.75) is 78.8 Å². The van der Waals surface area contributed by atoms with Crippen LogP contribution in [0.1, 0.15) is 47.0 Å². The van der Waals surface area contributed by atoms with Gasteiger partial charge in [-0.1, -0.05) is 34.7 Å². The Morgan fingerprint density at radius 2 is 0.980 bits per heavy atom. The number of rotatable bonds is 17. The molecule has 0 amide bonds. The smallest absolute Gasteiger partial charge is 0.346 e. The first kappa shape index (κ1) is 34.1. The molecule has 0 aliphatic carbocycles. The van der Waals surface area contributed by atoms with Crippen molar-refractivity contribution in [2.24, 2.45) is 0 Å². The van der Waals surface area contributed by atoms with Crippen molar-refractivity contribution in [3.8, 4) is 11.5 Å². The summed E-state index contributed by atoms with van der Waals surface area (Å²) in [4.78, 5) is 26.1. The molecule has 16 nitrogen and oxygen atoms in total. The zero-order chi connectivity index (χ0) is 35.0. The van der Waals surface area contributed by atoms with Crippen molar-refractivity contribution in [3.05, 3.63) is 116 Å². The second-order valence-electron chi connectivity index (χ2n) is 12.1. The molecule has 0 unspecified atom stereocenters. The third kappa shape index (κ3) is 8.25. The normalized spacial score (nSPS) is 11.4. The molecule has 2 aromatic carbocycles. The summed E-state index contributed by atoms with van der Waals surface area (Å²) >= 11 is 0. The molecule has 0 saturated carbocycles. The predicted octanol–water partition coefficient (Wildman–Crippen LogP) is 2.28. The molecule has 0 spiro atoms. The molecule has 0 radical (unpaired) electrons. The summed E-state index contributed by atoms with van der Waals surface area (Å²) in [6, 6.07) is 15.7. The molecule has 0 fully saturated rings. The summed E-state index contributed by atoms with van der Waals surface area (Å²) in [5, 5.41) is 25.9. The third-order valence-corrected chi connectivity index (χ3v) is 8.60. The van der Waals surface area contributed by atoms with Crippen molar-refractivity contribution < 1.29 is 9.47 Å². The fourth-order valence-corrected chi connectivity index (χ4v) is 5.78. The molecule has 50 heavy (non-hydrogen) atoms. The van der Waals surface area contributed by atoms with Crippen LogP contribution in [0.25, 0.3) is 0 Å². The molecule has 16 heteroatoms. The zero-order valence-electron chi connectivity index (χ0n) is 28.8. The van der Waals surface area contributed by atoms with Gasteiger partial charge in [0.05, 0.1) is 39.7 Å². The van der Waals surface area contributed by atoms with E-state index in [0.29, 0.717) is 62.1 Å². The van der Waals surface area contributed by atoms with Gasteiger partial charge in [0, 0.05) is 26.2 Å². The van der Waals surface area contributed by atoms with E-state index in [0.717, 1.165) is 35.5 Å². The standard InChI is InChI=1S/C34H42N12O4/c1-25-37-45(33(47)43(25)19-15-27-7-11-31(49-3)12-8-27)23-29-21-41(39-35-29)17-5-6-18-42-22-30(36-40-42)24-46-34(48)44(26(2)38-46)20-16-28-9-13-32(50-4)14-10-28/h7-14,21-22H,5-6,15-20,23-24H2,1-4H3. The van der Waals surface area contributed by atoms with E-state index in [1.165, 1.54) is 9.36 Å². The van der Waals surface area contributed by atoms with Crippen molar-refractivity contribution in [3.63, 3.8) is 0 Å². The average molecular weight is 683 g/mol. The van der Waals surface area contributed by atoms with E-state index in [1.54, 1.807) is 32.7 Å². The Kier molecular flexibility index (Phi) is 10.6. The minimum atomic E-state index is -0.171. The van der Waals surface area contributed by atoms with Gasteiger partial charge in [0.2, 0.25) is 0 Å². The van der Waals surface area contributed by atoms with Gasteiger partial charge in [0.15, 0.2) is 0 Å². The lowest BCUT2D eigenvalue weighted by Gasteiger charge is -2.05. The molecule has 6 rings (SSSR count). The minimum Gasteiger partial charge on any atom is -0.497 e. The molecule has 4 heterocycles. The third-order valence-electron chi connectivity index (χ3n) is 8.60. The van der Waals surface area contributed by atoms with Crippen LogP contribution >= 0.6 is 0 Å². The maximum absolute atomic E-state index is 13.0. The van der Waals surface area contributed by atoms with E-state index in [9.17, 15) is 9.59 Å². The highest BCUT2D eigenvalue weighted by atomic mass is 16.5. The Morgan fingerprint density at radius 3 is 1.36 bits per heavy atom. The van der Waals surface area contributed by atoms with Gasteiger partial charge in [-0.2, -0.15) is 10.2 Å². The number of aryl methyl sites for hydroxylation is 6.